The predicted octanol–water partition coefficient (Wildman–Crippen LogP) is 1.88. The first-order valence-corrected chi connectivity index (χ1v) is 9.16. The summed E-state index contributed by atoms with van der Waals surface area (Å²) in [5.74, 6) is -0.275. The Kier molecular flexibility index (Phi) is 5.61. The van der Waals surface area contributed by atoms with Crippen LogP contribution in [0.3, 0.4) is 0 Å². The maximum atomic E-state index is 12.2. The Morgan fingerprint density at radius 3 is 2.68 bits per heavy atom. The topological polar surface area (TPSA) is 80.5 Å². The Hall–Kier alpha value is -1.37. The van der Waals surface area contributed by atoms with E-state index in [1.54, 1.807) is 23.1 Å². The number of nitrogens with zero attached hydrogens (tertiary/aromatic N) is 1. The van der Waals surface area contributed by atoms with E-state index in [4.69, 9.17) is 16.7 Å². The summed E-state index contributed by atoms with van der Waals surface area (Å²) in [5, 5.41) is 5.72. The highest BCUT2D eigenvalue weighted by Gasteiger charge is 2.25. The van der Waals surface area contributed by atoms with Gasteiger partial charge in [-0.3, -0.25) is 4.79 Å². The third kappa shape index (κ3) is 5.44. The number of nitrogens with two attached hydrogens (primary N) is 1. The molecule has 1 heterocycles. The van der Waals surface area contributed by atoms with E-state index in [2.05, 4.69) is 0 Å². The zero-order chi connectivity index (χ0) is 16.2. The molecule has 120 valence electrons. The molecule has 1 amide bonds. The van der Waals surface area contributed by atoms with Crippen LogP contribution in [0.25, 0.3) is 6.08 Å². The summed E-state index contributed by atoms with van der Waals surface area (Å²) in [6, 6.07) is 7.17. The van der Waals surface area contributed by atoms with Gasteiger partial charge in [0, 0.05) is 24.2 Å². The van der Waals surface area contributed by atoms with Crippen molar-refractivity contribution in [1.82, 2.24) is 4.90 Å². The van der Waals surface area contributed by atoms with Crippen molar-refractivity contribution in [3.63, 3.8) is 0 Å². The number of primary sulfonamides is 1. The number of hydrogen-bond acceptors (Lipinski definition) is 3. The second-order valence-corrected chi connectivity index (χ2v) is 7.60. The molecule has 0 aromatic heterocycles. The zero-order valence-electron chi connectivity index (χ0n) is 12.1. The molecule has 1 aromatic carbocycles. The van der Waals surface area contributed by atoms with Gasteiger partial charge >= 0.3 is 0 Å². The highest BCUT2D eigenvalue weighted by atomic mass is 35.5. The molecular formula is C15H19ClN2O3S. The largest absolute Gasteiger partial charge is 0.339 e. The van der Waals surface area contributed by atoms with E-state index >= 15 is 0 Å². The molecule has 1 fully saturated rings. The molecule has 5 nitrogen and oxygen atoms in total. The number of hydrogen-bond donors (Lipinski definition) is 1. The highest BCUT2D eigenvalue weighted by Crippen LogP contribution is 2.18. The molecular weight excluding hydrogens is 324 g/mol. The summed E-state index contributed by atoms with van der Waals surface area (Å²) < 4.78 is 22.3. The summed E-state index contributed by atoms with van der Waals surface area (Å²) in [6.07, 6.45) is 4.80. The average molecular weight is 343 g/mol. The molecule has 1 aliphatic heterocycles. The number of likely N-dealkylation sites (tertiary alicyclic amines) is 1. The second kappa shape index (κ2) is 7.26. The Morgan fingerprint density at radius 1 is 1.36 bits per heavy atom. The van der Waals surface area contributed by atoms with Gasteiger partial charge in [0.05, 0.1) is 5.75 Å². The number of carbonyl (C=O) groups is 1. The van der Waals surface area contributed by atoms with Crippen molar-refractivity contribution in [1.29, 1.82) is 0 Å². The lowest BCUT2D eigenvalue weighted by Crippen LogP contribution is -2.41. The minimum Gasteiger partial charge on any atom is -0.339 e. The molecule has 2 N–H and O–H groups in total. The van der Waals surface area contributed by atoms with E-state index in [1.807, 2.05) is 12.1 Å². The molecule has 22 heavy (non-hydrogen) atoms. The van der Waals surface area contributed by atoms with E-state index in [1.165, 1.54) is 6.08 Å². The van der Waals surface area contributed by atoms with Crippen LogP contribution >= 0.6 is 11.6 Å². The van der Waals surface area contributed by atoms with Crippen molar-refractivity contribution in [2.75, 3.05) is 18.8 Å². The monoisotopic (exact) mass is 342 g/mol. The van der Waals surface area contributed by atoms with Crippen LogP contribution in [-0.2, 0) is 14.8 Å². The molecule has 1 aromatic rings. The average Bonchev–Trinajstić information content (AvgIpc) is 2.45. The zero-order valence-corrected chi connectivity index (χ0v) is 13.7. The van der Waals surface area contributed by atoms with Gasteiger partial charge in [0.1, 0.15) is 0 Å². The first-order chi connectivity index (χ1) is 10.3. The van der Waals surface area contributed by atoms with Gasteiger partial charge in [0.15, 0.2) is 0 Å². The molecule has 0 spiro atoms. The predicted molar refractivity (Wildman–Crippen MR) is 87.8 cm³/mol. The van der Waals surface area contributed by atoms with E-state index < -0.39 is 10.0 Å². The first kappa shape index (κ1) is 17.0. The number of rotatable bonds is 4. The summed E-state index contributed by atoms with van der Waals surface area (Å²) in [4.78, 5) is 13.9. The molecule has 7 heteroatoms. The maximum absolute atomic E-state index is 12.2. The number of carbonyl (C=O) groups excluding carboxylic acids is 1. The molecule has 2 rings (SSSR count). The van der Waals surface area contributed by atoms with Gasteiger partial charge in [-0.25, -0.2) is 13.6 Å². The molecule has 0 aliphatic carbocycles. The van der Waals surface area contributed by atoms with Gasteiger partial charge in [-0.15, -0.1) is 0 Å². The lowest BCUT2D eigenvalue weighted by Gasteiger charge is -2.31. The Labute approximate surface area is 135 Å². The second-order valence-electron chi connectivity index (χ2n) is 5.51. The Bertz CT molecular complexity index is 656. The quantitative estimate of drug-likeness (QED) is 0.848. The van der Waals surface area contributed by atoms with Crippen molar-refractivity contribution in [2.24, 2.45) is 11.1 Å². The van der Waals surface area contributed by atoms with Crippen LogP contribution in [0, 0.1) is 5.92 Å². The Morgan fingerprint density at radius 2 is 2.05 bits per heavy atom. The lowest BCUT2D eigenvalue weighted by atomic mass is 10.00. The first-order valence-electron chi connectivity index (χ1n) is 7.06. The van der Waals surface area contributed by atoms with Crippen LogP contribution < -0.4 is 5.14 Å². The summed E-state index contributed by atoms with van der Waals surface area (Å²) in [7, 11) is -3.50. The highest BCUT2D eigenvalue weighted by molar-refractivity contribution is 7.89. The Balaban J connectivity index is 1.95. The maximum Gasteiger partial charge on any atom is 0.246 e. The van der Waals surface area contributed by atoms with Crippen LogP contribution in [0.15, 0.2) is 30.3 Å². The lowest BCUT2D eigenvalue weighted by molar-refractivity contribution is -0.127. The fourth-order valence-electron chi connectivity index (χ4n) is 2.58. The number of amides is 1. The van der Waals surface area contributed by atoms with Gasteiger partial charge in [0.2, 0.25) is 15.9 Å². The van der Waals surface area contributed by atoms with Crippen LogP contribution in [-0.4, -0.2) is 38.1 Å². The molecule has 1 atom stereocenters. The fraction of sp³-hybridized carbons (Fsp3) is 0.400. The molecule has 1 saturated heterocycles. The minimum atomic E-state index is -3.50. The van der Waals surface area contributed by atoms with Gasteiger partial charge in [-0.2, -0.15) is 0 Å². The number of sulfonamides is 1. The molecule has 0 bridgehead atoms. The van der Waals surface area contributed by atoms with Crippen LogP contribution in [0.2, 0.25) is 5.02 Å². The number of benzene rings is 1. The smallest absolute Gasteiger partial charge is 0.246 e. The molecule has 1 aliphatic rings. The number of piperidine rings is 1. The van der Waals surface area contributed by atoms with Crippen LogP contribution in [0.1, 0.15) is 18.4 Å². The van der Waals surface area contributed by atoms with Crippen LogP contribution in [0.5, 0.6) is 0 Å². The molecule has 0 unspecified atom stereocenters. The van der Waals surface area contributed by atoms with Crippen molar-refractivity contribution in [3.8, 4) is 0 Å². The van der Waals surface area contributed by atoms with E-state index in [0.717, 1.165) is 18.4 Å². The van der Waals surface area contributed by atoms with Gasteiger partial charge < -0.3 is 4.90 Å². The van der Waals surface area contributed by atoms with Crippen LogP contribution in [0.4, 0.5) is 0 Å². The van der Waals surface area contributed by atoms with Crippen molar-refractivity contribution in [3.05, 3.63) is 40.9 Å². The van der Waals surface area contributed by atoms with Gasteiger partial charge in [-0.05, 0) is 42.5 Å². The molecule has 0 saturated carbocycles. The van der Waals surface area contributed by atoms with Crippen molar-refractivity contribution >= 4 is 33.6 Å². The fourth-order valence-corrected chi connectivity index (χ4v) is 3.63. The molecule has 0 radical (unpaired) electrons. The third-order valence-corrected chi connectivity index (χ3v) is 4.78. The SMILES string of the molecule is NS(=O)(=O)C[C@H]1CCCN(C(=O)/C=C/c2ccc(Cl)cc2)C1. The van der Waals surface area contributed by atoms with Crippen molar-refractivity contribution in [2.45, 2.75) is 12.8 Å². The van der Waals surface area contributed by atoms with E-state index in [-0.39, 0.29) is 17.6 Å². The van der Waals surface area contributed by atoms with E-state index in [9.17, 15) is 13.2 Å². The number of halogens is 1. The van der Waals surface area contributed by atoms with Gasteiger partial charge in [-0.1, -0.05) is 23.7 Å². The third-order valence-electron chi connectivity index (χ3n) is 3.59. The standard InChI is InChI=1S/C15H19ClN2O3S/c16-14-6-3-12(4-7-14)5-8-15(19)18-9-1-2-13(10-18)11-22(17,20)21/h3-8,13H,1-2,9-11H2,(H2,17,20,21)/b8-5+/t13-/m0/s1. The normalized spacial score (nSPS) is 19.5. The summed E-state index contributed by atoms with van der Waals surface area (Å²) in [5.41, 5.74) is 0.885. The van der Waals surface area contributed by atoms with Crippen molar-refractivity contribution < 1.29 is 13.2 Å². The summed E-state index contributed by atoms with van der Waals surface area (Å²) in [6.45, 7) is 1.07. The summed E-state index contributed by atoms with van der Waals surface area (Å²) >= 11 is 5.81. The van der Waals surface area contributed by atoms with E-state index in [0.29, 0.717) is 18.1 Å². The minimum absolute atomic E-state index is 0.0717. The van der Waals surface area contributed by atoms with Gasteiger partial charge in [0.25, 0.3) is 0 Å².